The van der Waals surface area contributed by atoms with Crippen molar-refractivity contribution in [3.05, 3.63) is 35.9 Å². The van der Waals surface area contributed by atoms with Gasteiger partial charge in [-0.3, -0.25) is 4.79 Å². The smallest absolute Gasteiger partial charge is 0.319 e. The van der Waals surface area contributed by atoms with Crippen LogP contribution >= 0.6 is 12.6 Å². The molecule has 1 aromatic rings. The first-order chi connectivity index (χ1) is 8.64. The Labute approximate surface area is 113 Å². The molecule has 1 unspecified atom stereocenters. The van der Waals surface area contributed by atoms with Crippen molar-refractivity contribution in [2.24, 2.45) is 0 Å². The molecule has 0 amide bonds. The summed E-state index contributed by atoms with van der Waals surface area (Å²) in [5.41, 5.74) is 0.643. The van der Waals surface area contributed by atoms with E-state index in [9.17, 15) is 4.79 Å². The van der Waals surface area contributed by atoms with Crippen LogP contribution in [0.2, 0.25) is 0 Å². The zero-order valence-electron chi connectivity index (χ0n) is 10.6. The first-order valence-electron chi connectivity index (χ1n) is 6.42. The molecule has 0 bridgehead atoms. The Morgan fingerprint density at radius 1 is 1.33 bits per heavy atom. The highest BCUT2D eigenvalue weighted by atomic mass is 32.1. The highest BCUT2D eigenvalue weighted by Crippen LogP contribution is 2.34. The second-order valence-corrected chi connectivity index (χ2v) is 5.60. The van der Waals surface area contributed by atoms with Gasteiger partial charge in [-0.05, 0) is 12.5 Å². The third-order valence-corrected chi connectivity index (χ3v) is 3.65. The standard InChI is InChI=1S/C14H19NO2S/c1-11(18)13(16)17-14(7-9-15-10-8-14)12-5-3-2-4-6-12/h2-6,11,15,18H,7-10H2,1H3/p+1. The van der Waals surface area contributed by atoms with Crippen molar-refractivity contribution in [1.29, 1.82) is 0 Å². The van der Waals surface area contributed by atoms with Gasteiger partial charge >= 0.3 is 5.97 Å². The summed E-state index contributed by atoms with van der Waals surface area (Å²) in [6, 6.07) is 10.1. The Morgan fingerprint density at radius 3 is 2.50 bits per heavy atom. The number of quaternary nitrogens is 1. The monoisotopic (exact) mass is 266 g/mol. The number of benzene rings is 1. The number of thiol groups is 1. The molecule has 98 valence electrons. The van der Waals surface area contributed by atoms with Crippen LogP contribution in [-0.2, 0) is 15.1 Å². The molecule has 3 nitrogen and oxygen atoms in total. The molecular weight excluding hydrogens is 246 g/mol. The van der Waals surface area contributed by atoms with E-state index in [1.54, 1.807) is 6.92 Å². The van der Waals surface area contributed by atoms with Crippen LogP contribution in [-0.4, -0.2) is 24.3 Å². The normalized spacial score (nSPS) is 20.1. The number of nitrogens with two attached hydrogens (primary N) is 1. The first-order valence-corrected chi connectivity index (χ1v) is 6.94. The van der Waals surface area contributed by atoms with E-state index in [4.69, 9.17) is 4.74 Å². The SMILES string of the molecule is CC(S)C(=O)OC1(c2ccccc2)CC[NH2+]CC1. The van der Waals surface area contributed by atoms with Gasteiger partial charge in [0, 0.05) is 12.8 Å². The molecule has 1 saturated heterocycles. The molecule has 2 rings (SSSR count). The maximum Gasteiger partial charge on any atom is 0.319 e. The van der Waals surface area contributed by atoms with Gasteiger partial charge in [0.1, 0.15) is 5.60 Å². The maximum absolute atomic E-state index is 11.9. The van der Waals surface area contributed by atoms with Crippen molar-refractivity contribution in [3.63, 3.8) is 0 Å². The summed E-state index contributed by atoms with van der Waals surface area (Å²) in [5.74, 6) is -0.232. The quantitative estimate of drug-likeness (QED) is 0.635. The van der Waals surface area contributed by atoms with Gasteiger partial charge in [-0.1, -0.05) is 30.3 Å². The third kappa shape index (κ3) is 2.87. The van der Waals surface area contributed by atoms with Gasteiger partial charge in [-0.15, -0.1) is 0 Å². The maximum atomic E-state index is 11.9. The number of ether oxygens (including phenoxy) is 1. The van der Waals surface area contributed by atoms with Gasteiger partial charge in [0.2, 0.25) is 0 Å². The molecule has 4 heteroatoms. The molecule has 0 saturated carbocycles. The number of carbonyl (C=O) groups excluding carboxylic acids is 1. The van der Waals surface area contributed by atoms with Crippen LogP contribution in [0, 0.1) is 0 Å². The van der Waals surface area contributed by atoms with Crippen LogP contribution in [0.5, 0.6) is 0 Å². The molecule has 1 aliphatic heterocycles. The third-order valence-electron chi connectivity index (χ3n) is 3.44. The molecule has 2 N–H and O–H groups in total. The predicted octanol–water partition coefficient (Wildman–Crippen LogP) is 1.10. The largest absolute Gasteiger partial charge is 0.453 e. The fraction of sp³-hybridized carbons (Fsp3) is 0.500. The molecule has 1 aromatic carbocycles. The van der Waals surface area contributed by atoms with Crippen LogP contribution < -0.4 is 5.32 Å². The summed E-state index contributed by atoms with van der Waals surface area (Å²) in [6.07, 6.45) is 1.73. The number of hydrogen-bond acceptors (Lipinski definition) is 3. The number of rotatable bonds is 3. The molecule has 18 heavy (non-hydrogen) atoms. The van der Waals surface area contributed by atoms with Crippen molar-refractivity contribution in [2.75, 3.05) is 13.1 Å². The molecule has 1 heterocycles. The minimum absolute atomic E-state index is 0.232. The Kier molecular flexibility index (Phi) is 4.30. The van der Waals surface area contributed by atoms with E-state index in [0.29, 0.717) is 0 Å². The average molecular weight is 266 g/mol. The summed E-state index contributed by atoms with van der Waals surface area (Å²) in [7, 11) is 0. The lowest BCUT2D eigenvalue weighted by Crippen LogP contribution is -2.87. The van der Waals surface area contributed by atoms with Gasteiger partial charge in [0.05, 0.1) is 18.3 Å². The lowest BCUT2D eigenvalue weighted by Gasteiger charge is -2.36. The van der Waals surface area contributed by atoms with Crippen molar-refractivity contribution in [1.82, 2.24) is 0 Å². The van der Waals surface area contributed by atoms with Crippen molar-refractivity contribution >= 4 is 18.6 Å². The number of esters is 1. The van der Waals surface area contributed by atoms with Crippen LogP contribution in [0.15, 0.2) is 30.3 Å². The van der Waals surface area contributed by atoms with Crippen molar-refractivity contribution in [3.8, 4) is 0 Å². The van der Waals surface area contributed by atoms with Crippen molar-refractivity contribution in [2.45, 2.75) is 30.6 Å². The van der Waals surface area contributed by atoms with E-state index < -0.39 is 5.60 Å². The molecule has 0 radical (unpaired) electrons. The van der Waals surface area contributed by atoms with Crippen LogP contribution in [0.25, 0.3) is 0 Å². The summed E-state index contributed by atoms with van der Waals surface area (Å²) in [4.78, 5) is 11.9. The topological polar surface area (TPSA) is 42.9 Å². The predicted molar refractivity (Wildman–Crippen MR) is 73.6 cm³/mol. The Hall–Kier alpha value is -1.00. The Balaban J connectivity index is 2.26. The van der Waals surface area contributed by atoms with Crippen LogP contribution in [0.4, 0.5) is 0 Å². The lowest BCUT2D eigenvalue weighted by molar-refractivity contribution is -0.668. The number of piperidine rings is 1. The highest BCUT2D eigenvalue weighted by molar-refractivity contribution is 7.81. The van der Waals surface area contributed by atoms with Crippen LogP contribution in [0.1, 0.15) is 25.3 Å². The fourth-order valence-corrected chi connectivity index (χ4v) is 2.46. The second kappa shape index (κ2) is 5.76. The average Bonchev–Trinajstić information content (AvgIpc) is 2.40. The summed E-state index contributed by atoms with van der Waals surface area (Å²) >= 11 is 4.16. The van der Waals surface area contributed by atoms with Crippen molar-refractivity contribution < 1.29 is 14.8 Å². The number of carbonyl (C=O) groups is 1. The first kappa shape index (κ1) is 13.4. The highest BCUT2D eigenvalue weighted by Gasteiger charge is 2.39. The minimum atomic E-state index is -0.454. The zero-order chi connectivity index (χ0) is 13.0. The lowest BCUT2D eigenvalue weighted by atomic mass is 9.85. The molecule has 1 atom stereocenters. The summed E-state index contributed by atoms with van der Waals surface area (Å²) < 4.78 is 5.79. The fourth-order valence-electron chi connectivity index (χ4n) is 2.41. The molecule has 0 spiro atoms. The Morgan fingerprint density at radius 2 is 1.94 bits per heavy atom. The summed E-state index contributed by atoms with van der Waals surface area (Å²) in [5, 5.41) is 1.88. The van der Waals surface area contributed by atoms with Gasteiger partial charge in [0.15, 0.2) is 0 Å². The second-order valence-electron chi connectivity index (χ2n) is 4.82. The van der Waals surface area contributed by atoms with Gasteiger partial charge in [-0.2, -0.15) is 12.6 Å². The number of hydrogen-bond donors (Lipinski definition) is 2. The van der Waals surface area contributed by atoms with E-state index in [1.165, 1.54) is 0 Å². The van der Waals surface area contributed by atoms with E-state index in [1.807, 2.05) is 30.3 Å². The van der Waals surface area contributed by atoms with Gasteiger partial charge in [-0.25, -0.2) is 0 Å². The van der Waals surface area contributed by atoms with Gasteiger partial charge in [0.25, 0.3) is 0 Å². The minimum Gasteiger partial charge on any atom is -0.453 e. The van der Waals surface area contributed by atoms with E-state index in [2.05, 4.69) is 17.9 Å². The Bertz CT molecular complexity index is 400. The van der Waals surface area contributed by atoms with E-state index >= 15 is 0 Å². The molecule has 1 fully saturated rings. The van der Waals surface area contributed by atoms with Crippen LogP contribution in [0.3, 0.4) is 0 Å². The van der Waals surface area contributed by atoms with E-state index in [0.717, 1.165) is 31.5 Å². The van der Waals surface area contributed by atoms with E-state index in [-0.39, 0.29) is 11.2 Å². The van der Waals surface area contributed by atoms with Gasteiger partial charge < -0.3 is 10.1 Å². The molecule has 1 aliphatic rings. The molecule has 0 aliphatic carbocycles. The molecule has 0 aromatic heterocycles. The zero-order valence-corrected chi connectivity index (χ0v) is 11.5. The summed E-state index contributed by atoms with van der Waals surface area (Å²) in [6.45, 7) is 3.73. The molecular formula is C14H20NO2S+.